The molecule has 1 aliphatic rings. The van der Waals surface area contributed by atoms with Gasteiger partial charge in [-0.1, -0.05) is 11.6 Å². The first kappa shape index (κ1) is 22.7. The van der Waals surface area contributed by atoms with Crippen LogP contribution < -0.4 is 20.1 Å². The van der Waals surface area contributed by atoms with E-state index in [4.69, 9.17) is 25.8 Å². The van der Waals surface area contributed by atoms with E-state index in [1.165, 1.54) is 12.1 Å². The molecule has 0 spiro atoms. The molecule has 0 bridgehead atoms. The number of carbonyl (C=O) groups excluding carboxylic acids is 2. The zero-order valence-electron chi connectivity index (χ0n) is 17.5. The van der Waals surface area contributed by atoms with Gasteiger partial charge in [-0.3, -0.25) is 10.1 Å². The molecule has 7 nitrogen and oxygen atoms in total. The van der Waals surface area contributed by atoms with Crippen LogP contribution in [-0.4, -0.2) is 30.8 Å². The highest BCUT2D eigenvalue weighted by Gasteiger charge is 2.19. The summed E-state index contributed by atoms with van der Waals surface area (Å²) in [5, 5.41) is 5.48. The van der Waals surface area contributed by atoms with Gasteiger partial charge in [0, 0.05) is 6.42 Å². The lowest BCUT2D eigenvalue weighted by atomic mass is 10.1. The second-order valence-electron chi connectivity index (χ2n) is 8.00. The van der Waals surface area contributed by atoms with E-state index in [9.17, 15) is 14.0 Å². The fourth-order valence-electron chi connectivity index (χ4n) is 2.91. The molecule has 0 saturated carbocycles. The molecule has 2 N–H and O–H groups in total. The van der Waals surface area contributed by atoms with Crippen LogP contribution in [-0.2, 0) is 16.0 Å². The fraction of sp³-hybridized carbons (Fsp3) is 0.364. The van der Waals surface area contributed by atoms with Gasteiger partial charge in [0.25, 0.3) is 0 Å². The van der Waals surface area contributed by atoms with Gasteiger partial charge in [-0.25, -0.2) is 9.18 Å². The molecule has 31 heavy (non-hydrogen) atoms. The predicted molar refractivity (Wildman–Crippen MR) is 116 cm³/mol. The van der Waals surface area contributed by atoms with Crippen LogP contribution in [0.5, 0.6) is 11.5 Å². The highest BCUT2D eigenvalue weighted by molar-refractivity contribution is 6.32. The smallest absolute Gasteiger partial charge is 0.412 e. The Hall–Kier alpha value is -3.00. The van der Waals surface area contributed by atoms with Crippen molar-refractivity contribution >= 4 is 35.0 Å². The van der Waals surface area contributed by atoms with Crippen LogP contribution >= 0.6 is 11.6 Å². The van der Waals surface area contributed by atoms with Gasteiger partial charge >= 0.3 is 6.09 Å². The number of nitrogens with one attached hydrogen (secondary N) is 2. The molecule has 0 fully saturated rings. The van der Waals surface area contributed by atoms with Crippen molar-refractivity contribution in [1.29, 1.82) is 0 Å². The van der Waals surface area contributed by atoms with E-state index >= 15 is 0 Å². The second-order valence-corrected chi connectivity index (χ2v) is 8.40. The van der Waals surface area contributed by atoms with Crippen LogP contribution in [0.3, 0.4) is 0 Å². The van der Waals surface area contributed by atoms with Crippen molar-refractivity contribution in [2.45, 2.75) is 39.2 Å². The van der Waals surface area contributed by atoms with E-state index in [0.29, 0.717) is 35.3 Å². The number of anilines is 2. The van der Waals surface area contributed by atoms with Gasteiger partial charge in [0.05, 0.1) is 36.0 Å². The molecule has 166 valence electrons. The molecule has 1 aliphatic heterocycles. The number of hydrogen-bond acceptors (Lipinski definition) is 5. The summed E-state index contributed by atoms with van der Waals surface area (Å²) in [5.74, 6) is -0.0600. The molecule has 2 aromatic carbocycles. The molecular formula is C22H24ClFN2O5. The summed E-state index contributed by atoms with van der Waals surface area (Å²) in [4.78, 5) is 24.7. The molecule has 9 heteroatoms. The normalized spacial score (nSPS) is 13.2. The number of carbonyl (C=O) groups is 2. The second kappa shape index (κ2) is 9.43. The lowest BCUT2D eigenvalue weighted by Crippen LogP contribution is -2.27. The van der Waals surface area contributed by atoms with Crippen LogP contribution in [0.4, 0.5) is 20.6 Å². The van der Waals surface area contributed by atoms with E-state index in [1.807, 2.05) is 0 Å². The molecule has 0 unspecified atom stereocenters. The van der Waals surface area contributed by atoms with Crippen molar-refractivity contribution in [3.8, 4) is 11.5 Å². The third kappa shape index (κ3) is 6.49. The van der Waals surface area contributed by atoms with Crippen LogP contribution in [0.1, 0.15) is 32.8 Å². The first-order valence-corrected chi connectivity index (χ1v) is 10.2. The minimum absolute atomic E-state index is 0.0429. The van der Waals surface area contributed by atoms with Gasteiger partial charge in [0.1, 0.15) is 11.4 Å². The molecule has 2 amide bonds. The SMILES string of the molecule is CC(C)(C)OC(=O)Nc1ccc(F)cc1NC(=O)Cc1cc(Cl)c2c(c1)OCCCO2. The minimum atomic E-state index is -0.718. The summed E-state index contributed by atoms with van der Waals surface area (Å²) in [7, 11) is 0. The molecule has 0 radical (unpaired) electrons. The van der Waals surface area contributed by atoms with E-state index in [-0.39, 0.29) is 17.8 Å². The topological polar surface area (TPSA) is 85.9 Å². The van der Waals surface area contributed by atoms with Crippen molar-refractivity contribution in [3.63, 3.8) is 0 Å². The van der Waals surface area contributed by atoms with E-state index in [1.54, 1.807) is 32.9 Å². The average molecular weight is 451 g/mol. The molecule has 0 aromatic heterocycles. The summed E-state index contributed by atoms with van der Waals surface area (Å²) < 4.78 is 30.2. The van der Waals surface area contributed by atoms with Gasteiger partial charge in [-0.05, 0) is 56.7 Å². The van der Waals surface area contributed by atoms with E-state index in [0.717, 1.165) is 12.5 Å². The number of rotatable bonds is 4. The molecule has 1 heterocycles. The molecule has 0 saturated heterocycles. The molecular weight excluding hydrogens is 427 g/mol. The molecule has 3 rings (SSSR count). The zero-order chi connectivity index (χ0) is 22.6. The van der Waals surface area contributed by atoms with Crippen LogP contribution in [0.15, 0.2) is 30.3 Å². The number of fused-ring (bicyclic) bond motifs is 1. The summed E-state index contributed by atoms with van der Waals surface area (Å²) in [6, 6.07) is 6.95. The maximum Gasteiger partial charge on any atom is 0.412 e. The van der Waals surface area contributed by atoms with Crippen molar-refractivity contribution in [3.05, 3.63) is 46.7 Å². The highest BCUT2D eigenvalue weighted by atomic mass is 35.5. The summed E-state index contributed by atoms with van der Waals surface area (Å²) in [6.07, 6.45) is -0.0312. The van der Waals surface area contributed by atoms with Gasteiger partial charge in [0.2, 0.25) is 5.91 Å². The number of amides is 2. The van der Waals surface area contributed by atoms with E-state index in [2.05, 4.69) is 10.6 Å². The molecule has 2 aromatic rings. The Balaban J connectivity index is 1.73. The van der Waals surface area contributed by atoms with Gasteiger partial charge in [0.15, 0.2) is 11.5 Å². The minimum Gasteiger partial charge on any atom is -0.489 e. The van der Waals surface area contributed by atoms with Crippen molar-refractivity contribution in [2.75, 3.05) is 23.8 Å². The fourth-order valence-corrected chi connectivity index (χ4v) is 3.20. The number of halogens is 2. The van der Waals surface area contributed by atoms with Crippen LogP contribution in [0.2, 0.25) is 5.02 Å². The third-order valence-electron chi connectivity index (χ3n) is 4.12. The Morgan fingerprint density at radius 2 is 1.84 bits per heavy atom. The van der Waals surface area contributed by atoms with Crippen molar-refractivity contribution in [2.24, 2.45) is 0 Å². The Labute approximate surface area is 184 Å². The summed E-state index contributed by atoms with van der Waals surface area (Å²) >= 11 is 6.27. The first-order chi connectivity index (χ1) is 14.6. The number of hydrogen-bond donors (Lipinski definition) is 2. The molecule has 0 aliphatic carbocycles. The van der Waals surface area contributed by atoms with Crippen molar-refractivity contribution < 1.29 is 28.2 Å². The zero-order valence-corrected chi connectivity index (χ0v) is 18.3. The van der Waals surface area contributed by atoms with E-state index < -0.39 is 23.4 Å². The third-order valence-corrected chi connectivity index (χ3v) is 4.40. The standard InChI is InChI=1S/C22H24ClFN2O5/c1-22(2,3)31-21(28)26-16-6-5-14(24)12-17(16)25-19(27)11-13-9-15(23)20-18(10-13)29-7-4-8-30-20/h5-6,9-10,12H,4,7-8,11H2,1-3H3,(H,25,27)(H,26,28). The highest BCUT2D eigenvalue weighted by Crippen LogP contribution is 2.38. The number of ether oxygens (including phenoxy) is 3. The Morgan fingerprint density at radius 3 is 2.58 bits per heavy atom. The lowest BCUT2D eigenvalue weighted by molar-refractivity contribution is -0.115. The average Bonchev–Trinajstić information content (AvgIpc) is 2.88. The lowest BCUT2D eigenvalue weighted by Gasteiger charge is -2.20. The number of benzene rings is 2. The van der Waals surface area contributed by atoms with Gasteiger partial charge in [-0.15, -0.1) is 0 Å². The summed E-state index contributed by atoms with van der Waals surface area (Å²) in [6.45, 7) is 6.16. The van der Waals surface area contributed by atoms with Crippen LogP contribution in [0.25, 0.3) is 0 Å². The molecule has 0 atom stereocenters. The Bertz CT molecular complexity index is 991. The van der Waals surface area contributed by atoms with Gasteiger partial charge in [-0.2, -0.15) is 0 Å². The monoisotopic (exact) mass is 450 g/mol. The van der Waals surface area contributed by atoms with Crippen molar-refractivity contribution in [1.82, 2.24) is 0 Å². The van der Waals surface area contributed by atoms with Crippen LogP contribution in [0, 0.1) is 5.82 Å². The maximum absolute atomic E-state index is 13.8. The maximum atomic E-state index is 13.8. The summed E-state index contributed by atoms with van der Waals surface area (Å²) in [5.41, 5.74) is 0.214. The quantitative estimate of drug-likeness (QED) is 0.671. The van der Waals surface area contributed by atoms with Gasteiger partial charge < -0.3 is 19.5 Å². The first-order valence-electron chi connectivity index (χ1n) is 9.78. The Kier molecular flexibility index (Phi) is 6.90. The largest absolute Gasteiger partial charge is 0.489 e. The predicted octanol–water partition coefficient (Wildman–Crippen LogP) is 5.17. The Morgan fingerprint density at radius 1 is 1.10 bits per heavy atom.